The zero-order chi connectivity index (χ0) is 11.2. The van der Waals surface area contributed by atoms with Crippen LogP contribution in [0.15, 0.2) is 10.5 Å². The summed E-state index contributed by atoms with van der Waals surface area (Å²) in [7, 11) is 1.39. The molecule has 80 valence electrons. The third-order valence-corrected chi connectivity index (χ3v) is 2.52. The first-order valence-electron chi connectivity index (χ1n) is 4.48. The average Bonchev–Trinajstić information content (AvgIpc) is 2.50. The number of rotatable bonds is 1. The lowest BCUT2D eigenvalue weighted by Gasteiger charge is -2.02. The van der Waals surface area contributed by atoms with Gasteiger partial charge in [-0.3, -0.25) is 0 Å². The summed E-state index contributed by atoms with van der Waals surface area (Å²) >= 11 is 0. The Kier molecular flexibility index (Phi) is 2.14. The predicted octanol–water partition coefficient (Wildman–Crippen LogP) is 3.34. The van der Waals surface area contributed by atoms with Crippen LogP contribution in [-0.2, 0) is 0 Å². The fourth-order valence-corrected chi connectivity index (χ4v) is 1.58. The van der Waals surface area contributed by atoms with E-state index in [1.54, 1.807) is 13.8 Å². The maximum atomic E-state index is 13.5. The van der Waals surface area contributed by atoms with Crippen molar-refractivity contribution < 1.29 is 17.9 Å². The summed E-state index contributed by atoms with van der Waals surface area (Å²) in [6.07, 6.45) is 0. The summed E-state index contributed by atoms with van der Waals surface area (Å²) < 4.78 is 36.9. The van der Waals surface area contributed by atoms with Crippen molar-refractivity contribution in [3.05, 3.63) is 29.0 Å². The van der Waals surface area contributed by atoms with Crippen LogP contribution in [0.2, 0.25) is 0 Å². The van der Waals surface area contributed by atoms with Crippen molar-refractivity contribution in [3.63, 3.8) is 0 Å². The van der Waals surface area contributed by atoms with Gasteiger partial charge in [-0.1, -0.05) is 0 Å². The van der Waals surface area contributed by atoms with Crippen molar-refractivity contribution in [1.82, 2.24) is 0 Å². The van der Waals surface area contributed by atoms with E-state index in [1.807, 2.05) is 0 Å². The van der Waals surface area contributed by atoms with Crippen LogP contribution in [0.4, 0.5) is 8.78 Å². The molecule has 0 saturated carbocycles. The van der Waals surface area contributed by atoms with Gasteiger partial charge < -0.3 is 9.15 Å². The molecule has 0 amide bonds. The Bertz CT molecular complexity index is 529. The molecule has 2 nitrogen and oxygen atoms in total. The third-order valence-electron chi connectivity index (χ3n) is 2.52. The molecule has 2 rings (SSSR count). The molecule has 1 heterocycles. The van der Waals surface area contributed by atoms with Crippen LogP contribution in [0.1, 0.15) is 11.3 Å². The molecule has 15 heavy (non-hydrogen) atoms. The van der Waals surface area contributed by atoms with Gasteiger partial charge in [-0.25, -0.2) is 8.78 Å². The van der Waals surface area contributed by atoms with Crippen molar-refractivity contribution in [2.75, 3.05) is 7.11 Å². The van der Waals surface area contributed by atoms with E-state index in [0.29, 0.717) is 11.3 Å². The molecule has 1 aromatic carbocycles. The molecule has 0 saturated heterocycles. The smallest absolute Gasteiger partial charge is 0.179 e. The summed E-state index contributed by atoms with van der Waals surface area (Å²) in [5.74, 6) is -1.05. The van der Waals surface area contributed by atoms with Gasteiger partial charge in [-0.15, -0.1) is 0 Å². The van der Waals surface area contributed by atoms with E-state index < -0.39 is 11.6 Å². The Morgan fingerprint density at radius 3 is 2.53 bits per heavy atom. The summed E-state index contributed by atoms with van der Waals surface area (Å²) in [5, 5.41) is 0.157. The van der Waals surface area contributed by atoms with Crippen LogP contribution < -0.4 is 4.74 Å². The zero-order valence-corrected chi connectivity index (χ0v) is 8.65. The molecule has 0 atom stereocenters. The van der Waals surface area contributed by atoms with Gasteiger partial charge in [0.15, 0.2) is 23.0 Å². The number of methoxy groups -OCH3 is 1. The highest BCUT2D eigenvalue weighted by Crippen LogP contribution is 2.35. The highest BCUT2D eigenvalue weighted by molar-refractivity contribution is 5.87. The van der Waals surface area contributed by atoms with Crippen molar-refractivity contribution in [2.45, 2.75) is 13.8 Å². The lowest BCUT2D eigenvalue weighted by molar-refractivity contribution is 0.402. The molecule has 0 N–H and O–H groups in total. The molecular formula is C11H10F2O2. The van der Waals surface area contributed by atoms with Gasteiger partial charge in [0.05, 0.1) is 12.5 Å². The van der Waals surface area contributed by atoms with Crippen LogP contribution in [0.3, 0.4) is 0 Å². The molecule has 4 heteroatoms. The SMILES string of the molecule is COc1cc(F)c(F)c2c(C)c(C)oc12. The summed E-state index contributed by atoms with van der Waals surface area (Å²) in [4.78, 5) is 0. The molecule has 2 aromatic rings. The number of ether oxygens (including phenoxy) is 1. The predicted molar refractivity (Wildman–Crippen MR) is 52.2 cm³/mol. The minimum Gasteiger partial charge on any atom is -0.493 e. The number of aryl methyl sites for hydroxylation is 2. The number of furan rings is 1. The van der Waals surface area contributed by atoms with E-state index in [-0.39, 0.29) is 16.7 Å². The van der Waals surface area contributed by atoms with E-state index in [0.717, 1.165) is 6.07 Å². The number of benzene rings is 1. The van der Waals surface area contributed by atoms with Gasteiger partial charge >= 0.3 is 0 Å². The average molecular weight is 212 g/mol. The first kappa shape index (κ1) is 9.96. The van der Waals surface area contributed by atoms with Crippen LogP contribution >= 0.6 is 0 Å². The molecule has 1 aromatic heterocycles. The van der Waals surface area contributed by atoms with Crippen LogP contribution in [0.5, 0.6) is 5.75 Å². The van der Waals surface area contributed by atoms with Crippen molar-refractivity contribution in [2.24, 2.45) is 0 Å². The second kappa shape index (κ2) is 3.22. The van der Waals surface area contributed by atoms with Gasteiger partial charge in [0.25, 0.3) is 0 Å². The lowest BCUT2D eigenvalue weighted by Crippen LogP contribution is -1.90. The maximum Gasteiger partial charge on any atom is 0.179 e. The topological polar surface area (TPSA) is 22.4 Å². The molecule has 0 spiro atoms. The second-order valence-electron chi connectivity index (χ2n) is 3.36. The molecule has 0 unspecified atom stereocenters. The molecular weight excluding hydrogens is 202 g/mol. The minimum absolute atomic E-state index is 0.157. The standard InChI is InChI=1S/C11H10F2O2/c1-5-6(2)15-11-8(14-3)4-7(12)10(13)9(5)11/h4H,1-3H3. The number of fused-ring (bicyclic) bond motifs is 1. The first-order chi connectivity index (χ1) is 7.06. The van der Waals surface area contributed by atoms with E-state index in [9.17, 15) is 8.78 Å². The third kappa shape index (κ3) is 1.28. The molecule has 0 aliphatic carbocycles. The quantitative estimate of drug-likeness (QED) is 0.723. The Balaban J connectivity index is 2.96. The monoisotopic (exact) mass is 212 g/mol. The molecule has 0 aliphatic rings. The van der Waals surface area contributed by atoms with E-state index in [1.165, 1.54) is 7.11 Å². The van der Waals surface area contributed by atoms with Gasteiger partial charge in [-0.05, 0) is 13.8 Å². The Morgan fingerprint density at radius 2 is 1.93 bits per heavy atom. The van der Waals surface area contributed by atoms with E-state index in [2.05, 4.69) is 0 Å². The maximum absolute atomic E-state index is 13.5. The Morgan fingerprint density at radius 1 is 1.27 bits per heavy atom. The summed E-state index contributed by atoms with van der Waals surface area (Å²) in [6, 6.07) is 0.986. The van der Waals surface area contributed by atoms with Gasteiger partial charge in [0.2, 0.25) is 0 Å². The van der Waals surface area contributed by atoms with Gasteiger partial charge in [0, 0.05) is 11.6 Å². The largest absolute Gasteiger partial charge is 0.493 e. The second-order valence-corrected chi connectivity index (χ2v) is 3.36. The Hall–Kier alpha value is -1.58. The molecule has 0 fully saturated rings. The summed E-state index contributed by atoms with van der Waals surface area (Å²) in [6.45, 7) is 3.38. The molecule has 0 bridgehead atoms. The fraction of sp³-hybridized carbons (Fsp3) is 0.273. The van der Waals surface area contributed by atoms with Gasteiger partial charge in [0.1, 0.15) is 5.76 Å². The van der Waals surface area contributed by atoms with Crippen LogP contribution in [-0.4, -0.2) is 7.11 Å². The van der Waals surface area contributed by atoms with Crippen LogP contribution in [0, 0.1) is 25.5 Å². The zero-order valence-electron chi connectivity index (χ0n) is 8.65. The number of hydrogen-bond acceptors (Lipinski definition) is 2. The normalized spacial score (nSPS) is 11.0. The van der Waals surface area contributed by atoms with E-state index in [4.69, 9.17) is 9.15 Å². The highest BCUT2D eigenvalue weighted by atomic mass is 19.2. The lowest BCUT2D eigenvalue weighted by atomic mass is 10.1. The van der Waals surface area contributed by atoms with Crippen molar-refractivity contribution >= 4 is 11.0 Å². The van der Waals surface area contributed by atoms with Crippen molar-refractivity contribution in [1.29, 1.82) is 0 Å². The summed E-state index contributed by atoms with van der Waals surface area (Å²) in [5.41, 5.74) is 0.853. The Labute approximate surface area is 85.4 Å². The van der Waals surface area contributed by atoms with Gasteiger partial charge in [-0.2, -0.15) is 0 Å². The highest BCUT2D eigenvalue weighted by Gasteiger charge is 2.19. The van der Waals surface area contributed by atoms with Crippen molar-refractivity contribution in [3.8, 4) is 5.75 Å². The van der Waals surface area contributed by atoms with Crippen LogP contribution in [0.25, 0.3) is 11.0 Å². The first-order valence-corrected chi connectivity index (χ1v) is 4.48. The molecule has 0 radical (unpaired) electrons. The fourth-order valence-electron chi connectivity index (χ4n) is 1.58. The number of halogens is 2. The molecule has 0 aliphatic heterocycles. The minimum atomic E-state index is -0.928. The number of hydrogen-bond donors (Lipinski definition) is 0. The van der Waals surface area contributed by atoms with E-state index >= 15 is 0 Å².